The number of hydrogen-bond acceptors (Lipinski definition) is 8. The van der Waals surface area contributed by atoms with Gasteiger partial charge in [-0.1, -0.05) is 30.3 Å². The number of hydrogen-bond donors (Lipinski definition) is 2. The highest BCUT2D eigenvalue weighted by Gasteiger charge is 2.16. The van der Waals surface area contributed by atoms with E-state index in [1.54, 1.807) is 12.1 Å². The van der Waals surface area contributed by atoms with Crippen LogP contribution in [0.25, 0.3) is 0 Å². The Hall–Kier alpha value is -2.66. The van der Waals surface area contributed by atoms with Gasteiger partial charge in [0.2, 0.25) is 6.29 Å². The first kappa shape index (κ1) is 23.4. The van der Waals surface area contributed by atoms with Gasteiger partial charge in [-0.05, 0) is 12.0 Å². The molecule has 0 aromatic heterocycles. The van der Waals surface area contributed by atoms with E-state index in [-0.39, 0.29) is 32.4 Å². The lowest BCUT2D eigenvalue weighted by Crippen LogP contribution is -2.31. The van der Waals surface area contributed by atoms with Crippen LogP contribution in [0.3, 0.4) is 0 Å². The number of rotatable bonds is 11. The first-order chi connectivity index (χ1) is 13.2. The van der Waals surface area contributed by atoms with Crippen LogP contribution in [0.15, 0.2) is 30.3 Å². The lowest BCUT2D eigenvalue weighted by atomic mass is 10.2. The normalized spacial score (nSPS) is 11.9. The van der Waals surface area contributed by atoms with Crippen LogP contribution in [-0.4, -0.2) is 49.6 Å². The first-order valence-corrected chi connectivity index (χ1v) is 10.1. The summed E-state index contributed by atoms with van der Waals surface area (Å²) in [5, 5.41) is 2.24. The molecular formula is C17H23NO9S. The summed E-state index contributed by atoms with van der Waals surface area (Å²) in [6.45, 7) is 1.36. The molecule has 0 unspecified atom stereocenters. The zero-order chi connectivity index (χ0) is 21.0. The average Bonchev–Trinajstić information content (AvgIpc) is 2.62. The van der Waals surface area contributed by atoms with Gasteiger partial charge >= 0.3 is 18.0 Å². The Kier molecular flexibility index (Phi) is 9.96. The van der Waals surface area contributed by atoms with Gasteiger partial charge in [-0.2, -0.15) is 8.42 Å². The summed E-state index contributed by atoms with van der Waals surface area (Å²) in [6.07, 6.45) is -2.54. The second kappa shape index (κ2) is 11.9. The molecule has 1 aromatic carbocycles. The van der Waals surface area contributed by atoms with Gasteiger partial charge in [0.15, 0.2) is 0 Å². The van der Waals surface area contributed by atoms with Crippen LogP contribution in [0.4, 0.5) is 4.79 Å². The second-order valence-corrected chi connectivity index (χ2v) is 7.25. The molecule has 28 heavy (non-hydrogen) atoms. The summed E-state index contributed by atoms with van der Waals surface area (Å²) in [5.74, 6) is -1.81. The summed E-state index contributed by atoms with van der Waals surface area (Å²) in [6, 6.07) is 9.06. The Morgan fingerprint density at radius 1 is 1.07 bits per heavy atom. The number of alkyl carbamates (subject to hydrolysis) is 1. The summed E-state index contributed by atoms with van der Waals surface area (Å²) in [7, 11) is -4.09. The molecule has 2 N–H and O–H groups in total. The number of nitrogens with one attached hydrogen (secondary N) is 1. The number of benzene rings is 1. The Labute approximate surface area is 162 Å². The molecule has 0 radical (unpaired) electrons. The third kappa shape index (κ3) is 11.9. The minimum absolute atomic E-state index is 0.00675. The summed E-state index contributed by atoms with van der Waals surface area (Å²) in [5.41, 5.74) is 0.822. The zero-order valence-corrected chi connectivity index (χ0v) is 16.1. The molecule has 0 saturated carbocycles. The zero-order valence-electron chi connectivity index (χ0n) is 15.3. The highest BCUT2D eigenvalue weighted by Crippen LogP contribution is 2.05. The van der Waals surface area contributed by atoms with Crippen molar-refractivity contribution < 1.29 is 41.6 Å². The van der Waals surface area contributed by atoms with Gasteiger partial charge in [-0.15, -0.1) is 0 Å². The van der Waals surface area contributed by atoms with Gasteiger partial charge in [0.25, 0.3) is 10.1 Å². The van der Waals surface area contributed by atoms with E-state index in [1.165, 1.54) is 6.92 Å². The van der Waals surface area contributed by atoms with Crippen molar-refractivity contribution in [3.8, 4) is 0 Å². The maximum Gasteiger partial charge on any atom is 0.410 e. The molecule has 156 valence electrons. The largest absolute Gasteiger partial charge is 0.461 e. The van der Waals surface area contributed by atoms with Gasteiger partial charge < -0.3 is 19.5 Å². The SMILES string of the molecule is C[C@H](OC(=O)CCC(=O)OCc1ccccc1)OC(=O)NCCCS(=O)(=O)O. The number of carbonyl (C=O) groups excluding carboxylic acids is 3. The van der Waals surface area contributed by atoms with Crippen LogP contribution in [0.1, 0.15) is 31.7 Å². The van der Waals surface area contributed by atoms with E-state index < -0.39 is 40.2 Å². The molecule has 0 bridgehead atoms. The van der Waals surface area contributed by atoms with Crippen molar-refractivity contribution >= 4 is 28.1 Å². The minimum Gasteiger partial charge on any atom is -0.461 e. The molecule has 0 fully saturated rings. The monoisotopic (exact) mass is 417 g/mol. The van der Waals surface area contributed by atoms with Crippen molar-refractivity contribution in [2.45, 2.75) is 39.1 Å². The predicted molar refractivity (Wildman–Crippen MR) is 96.5 cm³/mol. The van der Waals surface area contributed by atoms with Gasteiger partial charge in [0.1, 0.15) is 6.61 Å². The molecule has 1 amide bonds. The van der Waals surface area contributed by atoms with E-state index in [1.807, 2.05) is 18.2 Å². The molecule has 1 aromatic rings. The first-order valence-electron chi connectivity index (χ1n) is 8.44. The van der Waals surface area contributed by atoms with Crippen LogP contribution in [0.2, 0.25) is 0 Å². The van der Waals surface area contributed by atoms with Crippen molar-refractivity contribution in [3.63, 3.8) is 0 Å². The molecule has 0 aliphatic heterocycles. The van der Waals surface area contributed by atoms with Gasteiger partial charge in [-0.25, -0.2) is 4.79 Å². The lowest BCUT2D eigenvalue weighted by molar-refractivity contribution is -0.167. The number of ether oxygens (including phenoxy) is 3. The van der Waals surface area contributed by atoms with Crippen LogP contribution in [-0.2, 0) is 40.5 Å². The summed E-state index contributed by atoms with van der Waals surface area (Å²) < 4.78 is 44.2. The van der Waals surface area contributed by atoms with Gasteiger partial charge in [0, 0.05) is 13.5 Å². The third-order valence-corrected chi connectivity index (χ3v) is 4.00. The maximum atomic E-state index is 11.6. The summed E-state index contributed by atoms with van der Waals surface area (Å²) >= 11 is 0. The van der Waals surface area contributed by atoms with E-state index in [9.17, 15) is 22.8 Å². The fourth-order valence-electron chi connectivity index (χ4n) is 1.92. The van der Waals surface area contributed by atoms with Crippen molar-refractivity contribution in [2.24, 2.45) is 0 Å². The standard InChI is InChI=1S/C17H23NO9S/c1-13(27-17(21)18-10-5-11-28(22,23)24)26-16(20)9-8-15(19)25-12-14-6-3-2-4-7-14/h2-4,6-7,13H,5,8-12H2,1H3,(H,18,21)(H,22,23,24)/t13-/m1/s1. The van der Waals surface area contributed by atoms with E-state index in [4.69, 9.17) is 18.8 Å². The highest BCUT2D eigenvalue weighted by molar-refractivity contribution is 7.85. The van der Waals surface area contributed by atoms with Crippen molar-refractivity contribution in [1.82, 2.24) is 5.32 Å². The molecule has 0 heterocycles. The average molecular weight is 417 g/mol. The third-order valence-electron chi connectivity index (χ3n) is 3.19. The van der Waals surface area contributed by atoms with E-state index >= 15 is 0 Å². The topological polar surface area (TPSA) is 145 Å². The summed E-state index contributed by atoms with van der Waals surface area (Å²) in [4.78, 5) is 34.7. The fraction of sp³-hybridized carbons (Fsp3) is 0.471. The van der Waals surface area contributed by atoms with E-state index in [2.05, 4.69) is 5.32 Å². The molecule has 0 aliphatic rings. The fourth-order valence-corrected chi connectivity index (χ4v) is 2.43. The Morgan fingerprint density at radius 2 is 1.71 bits per heavy atom. The van der Waals surface area contributed by atoms with Gasteiger partial charge in [-0.3, -0.25) is 14.1 Å². The van der Waals surface area contributed by atoms with Crippen molar-refractivity contribution in [2.75, 3.05) is 12.3 Å². The maximum absolute atomic E-state index is 11.6. The Balaban J connectivity index is 2.16. The molecule has 0 spiro atoms. The molecule has 11 heteroatoms. The Bertz CT molecular complexity index is 749. The van der Waals surface area contributed by atoms with Crippen molar-refractivity contribution in [1.29, 1.82) is 0 Å². The number of amides is 1. The van der Waals surface area contributed by atoms with Crippen molar-refractivity contribution in [3.05, 3.63) is 35.9 Å². The molecule has 0 saturated heterocycles. The van der Waals surface area contributed by atoms with E-state index in [0.29, 0.717) is 0 Å². The molecule has 1 rings (SSSR count). The minimum atomic E-state index is -4.09. The Morgan fingerprint density at radius 3 is 2.36 bits per heavy atom. The molecular weight excluding hydrogens is 394 g/mol. The van der Waals surface area contributed by atoms with Crippen LogP contribution in [0, 0.1) is 0 Å². The molecule has 0 aliphatic carbocycles. The quantitative estimate of drug-likeness (QED) is 0.236. The lowest BCUT2D eigenvalue weighted by Gasteiger charge is -2.14. The highest BCUT2D eigenvalue weighted by atomic mass is 32.2. The smallest absolute Gasteiger partial charge is 0.410 e. The predicted octanol–water partition coefficient (Wildman–Crippen LogP) is 1.40. The van der Waals surface area contributed by atoms with Crippen LogP contribution in [0.5, 0.6) is 0 Å². The van der Waals surface area contributed by atoms with E-state index in [0.717, 1.165) is 5.56 Å². The number of esters is 2. The molecule has 1 atom stereocenters. The molecule has 10 nitrogen and oxygen atoms in total. The van der Waals surface area contributed by atoms with Crippen LogP contribution < -0.4 is 5.32 Å². The van der Waals surface area contributed by atoms with Crippen LogP contribution >= 0.6 is 0 Å². The number of carbonyl (C=O) groups is 3. The second-order valence-electron chi connectivity index (χ2n) is 5.68. The van der Waals surface area contributed by atoms with Gasteiger partial charge in [0.05, 0.1) is 18.6 Å².